The lowest BCUT2D eigenvalue weighted by Gasteiger charge is -2.27. The Labute approximate surface area is 131 Å². The van der Waals surface area contributed by atoms with Crippen LogP contribution in [0.5, 0.6) is 0 Å². The van der Waals surface area contributed by atoms with Crippen molar-refractivity contribution >= 4 is 28.5 Å². The third-order valence-corrected chi connectivity index (χ3v) is 5.18. The van der Waals surface area contributed by atoms with Crippen LogP contribution in [0.2, 0.25) is 0 Å². The number of rotatable bonds is 7. The van der Waals surface area contributed by atoms with E-state index in [2.05, 4.69) is 39.7 Å². The molecule has 0 aromatic carbocycles. The molecule has 0 bridgehead atoms. The van der Waals surface area contributed by atoms with Crippen molar-refractivity contribution in [2.24, 2.45) is 11.1 Å². The van der Waals surface area contributed by atoms with Crippen LogP contribution in [-0.2, 0) is 4.79 Å². The zero-order chi connectivity index (χ0) is 14.9. The maximum absolute atomic E-state index is 12.5. The van der Waals surface area contributed by atoms with Gasteiger partial charge in [0.15, 0.2) is 0 Å². The molecule has 1 aliphatic carbocycles. The maximum Gasteiger partial charge on any atom is 0.227 e. The molecule has 2 unspecified atom stereocenters. The molecule has 1 fully saturated rings. The fourth-order valence-corrected chi connectivity index (χ4v) is 3.80. The summed E-state index contributed by atoms with van der Waals surface area (Å²) in [4.78, 5) is 14.6. The van der Waals surface area contributed by atoms with Crippen LogP contribution in [0.15, 0.2) is 0 Å². The number of alkyl halides is 1. The van der Waals surface area contributed by atoms with Crippen LogP contribution in [0.25, 0.3) is 0 Å². The molecular formula is C14H28IN3O. The lowest BCUT2D eigenvalue weighted by molar-refractivity contribution is -0.127. The number of carbonyl (C=O) groups excluding carboxylic acids is 1. The summed E-state index contributed by atoms with van der Waals surface area (Å²) in [5.41, 5.74) is 5.55. The maximum atomic E-state index is 12.5. The van der Waals surface area contributed by atoms with Crippen molar-refractivity contribution in [3.63, 3.8) is 0 Å². The molecule has 1 amide bonds. The normalized spacial score (nSPS) is 30.5. The third-order valence-electron chi connectivity index (χ3n) is 3.77. The Hall–Kier alpha value is 0.120. The molecule has 3 N–H and O–H groups in total. The molecule has 5 heteroatoms. The van der Waals surface area contributed by atoms with E-state index in [1.165, 1.54) is 0 Å². The van der Waals surface area contributed by atoms with Crippen LogP contribution in [0.1, 0.15) is 40.0 Å². The fraction of sp³-hybridized carbons (Fsp3) is 0.929. The van der Waals surface area contributed by atoms with Crippen molar-refractivity contribution in [1.29, 1.82) is 0 Å². The van der Waals surface area contributed by atoms with Crippen molar-refractivity contribution in [1.82, 2.24) is 10.2 Å². The highest BCUT2D eigenvalue weighted by Gasteiger charge is 2.68. The van der Waals surface area contributed by atoms with Gasteiger partial charge in [-0.25, -0.2) is 0 Å². The minimum Gasteiger partial charge on any atom is -0.356 e. The van der Waals surface area contributed by atoms with Gasteiger partial charge in [0.05, 0.1) is 5.41 Å². The summed E-state index contributed by atoms with van der Waals surface area (Å²) in [5, 5.41) is 3.09. The van der Waals surface area contributed by atoms with Crippen molar-refractivity contribution in [2.45, 2.75) is 49.0 Å². The molecule has 0 saturated heterocycles. The predicted octanol–water partition coefficient (Wildman–Crippen LogP) is 1.77. The van der Waals surface area contributed by atoms with E-state index in [1.54, 1.807) is 0 Å². The molecule has 1 rings (SSSR count). The van der Waals surface area contributed by atoms with Gasteiger partial charge in [-0.05, 0) is 60.7 Å². The van der Waals surface area contributed by atoms with Crippen molar-refractivity contribution < 1.29 is 4.79 Å². The number of nitrogens with zero attached hydrogens (tertiary/aromatic N) is 1. The Morgan fingerprint density at radius 1 is 1.47 bits per heavy atom. The molecule has 1 aliphatic rings. The molecule has 112 valence electrons. The van der Waals surface area contributed by atoms with Gasteiger partial charge in [-0.15, -0.1) is 0 Å². The second-order valence-corrected chi connectivity index (χ2v) is 9.42. The van der Waals surface area contributed by atoms with Crippen molar-refractivity contribution in [3.8, 4) is 0 Å². The number of amides is 1. The summed E-state index contributed by atoms with van der Waals surface area (Å²) in [6.45, 7) is 7.89. The first-order valence-electron chi connectivity index (χ1n) is 6.91. The SMILES string of the molecule is CN(C)CCCNC(=O)C1(CC(C)(C)N)CC1(C)I. The van der Waals surface area contributed by atoms with E-state index in [-0.39, 0.29) is 20.3 Å². The lowest BCUT2D eigenvalue weighted by atomic mass is 9.86. The van der Waals surface area contributed by atoms with E-state index >= 15 is 0 Å². The molecule has 0 aromatic rings. The monoisotopic (exact) mass is 381 g/mol. The molecular weight excluding hydrogens is 353 g/mol. The highest BCUT2D eigenvalue weighted by atomic mass is 127. The second kappa shape index (κ2) is 5.85. The summed E-state index contributed by atoms with van der Waals surface area (Å²) in [6.07, 6.45) is 2.67. The van der Waals surface area contributed by atoms with E-state index in [9.17, 15) is 4.79 Å². The third kappa shape index (κ3) is 4.56. The number of halogens is 1. The van der Waals surface area contributed by atoms with Crippen molar-refractivity contribution in [3.05, 3.63) is 0 Å². The van der Waals surface area contributed by atoms with E-state index in [1.807, 2.05) is 27.9 Å². The van der Waals surface area contributed by atoms with Gasteiger partial charge in [-0.2, -0.15) is 0 Å². The van der Waals surface area contributed by atoms with Gasteiger partial charge in [-0.1, -0.05) is 22.6 Å². The van der Waals surface area contributed by atoms with Crippen LogP contribution in [0, 0.1) is 5.41 Å². The van der Waals surface area contributed by atoms with Gasteiger partial charge < -0.3 is 16.0 Å². The average molecular weight is 381 g/mol. The highest BCUT2D eigenvalue weighted by Crippen LogP contribution is 2.65. The largest absolute Gasteiger partial charge is 0.356 e. The van der Waals surface area contributed by atoms with Gasteiger partial charge in [0, 0.05) is 15.5 Å². The first-order chi connectivity index (χ1) is 8.50. The molecule has 1 saturated carbocycles. The Bertz CT molecular complexity index is 336. The molecule has 0 aliphatic heterocycles. The van der Waals surface area contributed by atoms with Gasteiger partial charge in [0.1, 0.15) is 0 Å². The summed E-state index contributed by atoms with van der Waals surface area (Å²) in [7, 11) is 4.09. The molecule has 0 aromatic heterocycles. The fourth-order valence-electron chi connectivity index (χ4n) is 2.71. The Morgan fingerprint density at radius 3 is 2.37 bits per heavy atom. The van der Waals surface area contributed by atoms with Crippen LogP contribution in [0.4, 0.5) is 0 Å². The van der Waals surface area contributed by atoms with E-state index in [4.69, 9.17) is 5.73 Å². The van der Waals surface area contributed by atoms with Crippen LogP contribution < -0.4 is 11.1 Å². The molecule has 4 nitrogen and oxygen atoms in total. The number of nitrogens with one attached hydrogen (secondary N) is 1. The topological polar surface area (TPSA) is 58.4 Å². The summed E-state index contributed by atoms with van der Waals surface area (Å²) < 4.78 is 0.0486. The highest BCUT2D eigenvalue weighted by molar-refractivity contribution is 14.1. The minimum atomic E-state index is -0.302. The summed E-state index contributed by atoms with van der Waals surface area (Å²) in [5.74, 6) is 0.182. The standard InChI is InChI=1S/C14H28IN3O/c1-12(2,16)9-14(10-13(14,3)15)11(19)17-7-6-8-18(4)5/h6-10,16H2,1-5H3,(H,17,19). The molecule has 0 spiro atoms. The minimum absolute atomic E-state index is 0.0486. The van der Waals surface area contributed by atoms with Crippen LogP contribution in [0.3, 0.4) is 0 Å². The zero-order valence-corrected chi connectivity index (χ0v) is 15.0. The second-order valence-electron chi connectivity index (χ2n) is 7.03. The van der Waals surface area contributed by atoms with Gasteiger partial charge in [0.2, 0.25) is 5.91 Å². The quantitative estimate of drug-likeness (QED) is 0.402. The summed E-state index contributed by atoms with van der Waals surface area (Å²) >= 11 is 2.41. The molecule has 0 radical (unpaired) electrons. The molecule has 0 heterocycles. The predicted molar refractivity (Wildman–Crippen MR) is 88.5 cm³/mol. The van der Waals surface area contributed by atoms with Crippen LogP contribution >= 0.6 is 22.6 Å². The average Bonchev–Trinajstić information content (AvgIpc) is 2.73. The van der Waals surface area contributed by atoms with E-state index in [0.717, 1.165) is 32.4 Å². The Morgan fingerprint density at radius 2 is 2.00 bits per heavy atom. The Kier molecular flexibility index (Phi) is 5.29. The number of hydrogen-bond donors (Lipinski definition) is 2. The number of nitrogens with two attached hydrogens (primary N) is 1. The van der Waals surface area contributed by atoms with Crippen LogP contribution in [-0.4, -0.2) is 47.0 Å². The van der Waals surface area contributed by atoms with Gasteiger partial charge >= 0.3 is 0 Å². The van der Waals surface area contributed by atoms with Gasteiger partial charge in [-0.3, -0.25) is 4.79 Å². The molecule has 2 atom stereocenters. The smallest absolute Gasteiger partial charge is 0.227 e. The van der Waals surface area contributed by atoms with Crippen molar-refractivity contribution in [2.75, 3.05) is 27.2 Å². The zero-order valence-electron chi connectivity index (χ0n) is 12.8. The first-order valence-corrected chi connectivity index (χ1v) is 7.99. The first kappa shape index (κ1) is 17.2. The number of carbonyl (C=O) groups is 1. The lowest BCUT2D eigenvalue weighted by Crippen LogP contribution is -2.44. The van der Waals surface area contributed by atoms with E-state index in [0.29, 0.717) is 0 Å². The summed E-state index contributed by atoms with van der Waals surface area (Å²) in [6, 6.07) is 0. The van der Waals surface area contributed by atoms with Gasteiger partial charge in [0.25, 0.3) is 0 Å². The molecule has 19 heavy (non-hydrogen) atoms. The Balaban J connectivity index is 2.52. The van der Waals surface area contributed by atoms with E-state index < -0.39 is 0 Å². The number of hydrogen-bond acceptors (Lipinski definition) is 3.